The molecule has 0 amide bonds. The van der Waals surface area contributed by atoms with E-state index >= 15 is 0 Å². The first-order valence-corrected chi connectivity index (χ1v) is 4.92. The van der Waals surface area contributed by atoms with Crippen LogP contribution in [0, 0.1) is 17.9 Å². The molecule has 12 heavy (non-hydrogen) atoms. The van der Waals surface area contributed by atoms with E-state index in [2.05, 4.69) is 25.6 Å². The van der Waals surface area contributed by atoms with Crippen molar-refractivity contribution < 1.29 is 0 Å². The van der Waals surface area contributed by atoms with Crippen molar-refractivity contribution in [3.05, 3.63) is 11.4 Å². The second-order valence-electron chi connectivity index (χ2n) is 4.89. The SMILES string of the molecule is [C-]#[N+]C(C)C1CCCC(C)(C)C1. The fourth-order valence-corrected chi connectivity index (χ4v) is 2.27. The zero-order valence-corrected chi connectivity index (χ0v) is 8.43. The van der Waals surface area contributed by atoms with Crippen LogP contribution in [0.3, 0.4) is 0 Å². The molecule has 0 heterocycles. The fraction of sp³-hybridized carbons (Fsp3) is 0.909. The normalized spacial score (nSPS) is 30.7. The highest BCUT2D eigenvalue weighted by molar-refractivity contribution is 4.88. The maximum atomic E-state index is 7.00. The van der Waals surface area contributed by atoms with Crippen LogP contribution in [0.25, 0.3) is 4.85 Å². The Balaban J connectivity index is 2.53. The lowest BCUT2D eigenvalue weighted by atomic mass is 9.70. The highest BCUT2D eigenvalue weighted by Gasteiger charge is 2.33. The highest BCUT2D eigenvalue weighted by atomic mass is 14.7. The van der Waals surface area contributed by atoms with Crippen molar-refractivity contribution in [2.45, 2.75) is 52.5 Å². The number of hydrogen-bond acceptors (Lipinski definition) is 0. The maximum absolute atomic E-state index is 7.00. The van der Waals surface area contributed by atoms with E-state index in [-0.39, 0.29) is 6.04 Å². The Kier molecular flexibility index (Phi) is 2.77. The van der Waals surface area contributed by atoms with Gasteiger partial charge in [-0.3, -0.25) is 0 Å². The van der Waals surface area contributed by atoms with E-state index in [9.17, 15) is 0 Å². The van der Waals surface area contributed by atoms with E-state index in [1.165, 1.54) is 25.7 Å². The van der Waals surface area contributed by atoms with E-state index in [0.717, 1.165) is 0 Å². The molecule has 0 aromatic heterocycles. The van der Waals surface area contributed by atoms with Crippen LogP contribution in [0.5, 0.6) is 0 Å². The Morgan fingerprint density at radius 3 is 2.67 bits per heavy atom. The zero-order valence-electron chi connectivity index (χ0n) is 8.43. The van der Waals surface area contributed by atoms with E-state index in [1.54, 1.807) is 0 Å². The summed E-state index contributed by atoms with van der Waals surface area (Å²) in [4.78, 5) is 3.63. The van der Waals surface area contributed by atoms with Gasteiger partial charge >= 0.3 is 0 Å². The van der Waals surface area contributed by atoms with Gasteiger partial charge in [-0.25, -0.2) is 6.57 Å². The standard InChI is InChI=1S/C11H19N/c1-9(12-4)10-6-5-7-11(2,3)8-10/h9-10H,5-8H2,1-3H3. The zero-order chi connectivity index (χ0) is 9.19. The molecule has 1 aliphatic carbocycles. The van der Waals surface area contributed by atoms with Gasteiger partial charge in [0.05, 0.1) is 0 Å². The number of hydrogen-bond donors (Lipinski definition) is 0. The van der Waals surface area contributed by atoms with Crippen molar-refractivity contribution in [2.75, 3.05) is 0 Å². The van der Waals surface area contributed by atoms with Crippen molar-refractivity contribution in [2.24, 2.45) is 11.3 Å². The number of rotatable bonds is 1. The first kappa shape index (κ1) is 9.58. The highest BCUT2D eigenvalue weighted by Crippen LogP contribution is 2.40. The Morgan fingerprint density at radius 1 is 1.50 bits per heavy atom. The second kappa shape index (κ2) is 3.47. The fourth-order valence-electron chi connectivity index (χ4n) is 2.27. The molecule has 0 radical (unpaired) electrons. The van der Waals surface area contributed by atoms with Crippen LogP contribution in [-0.4, -0.2) is 6.04 Å². The van der Waals surface area contributed by atoms with Crippen molar-refractivity contribution in [1.82, 2.24) is 0 Å². The molecule has 2 atom stereocenters. The molecule has 1 saturated carbocycles. The summed E-state index contributed by atoms with van der Waals surface area (Å²) >= 11 is 0. The molecule has 0 aliphatic heterocycles. The van der Waals surface area contributed by atoms with Crippen LogP contribution in [0.15, 0.2) is 0 Å². The molecule has 0 aromatic rings. The predicted molar refractivity (Wildman–Crippen MR) is 51.8 cm³/mol. The molecule has 0 aromatic carbocycles. The Morgan fingerprint density at radius 2 is 2.17 bits per heavy atom. The number of nitrogens with zero attached hydrogens (tertiary/aromatic N) is 1. The predicted octanol–water partition coefficient (Wildman–Crippen LogP) is 3.51. The van der Waals surface area contributed by atoms with Gasteiger partial charge < -0.3 is 4.85 Å². The summed E-state index contributed by atoms with van der Waals surface area (Å²) < 4.78 is 0. The van der Waals surface area contributed by atoms with Crippen molar-refractivity contribution in [1.29, 1.82) is 0 Å². The molecule has 0 bridgehead atoms. The van der Waals surface area contributed by atoms with Crippen LogP contribution < -0.4 is 0 Å². The summed E-state index contributed by atoms with van der Waals surface area (Å²) in [5.41, 5.74) is 0.488. The molecule has 0 spiro atoms. The van der Waals surface area contributed by atoms with Gasteiger partial charge in [-0.1, -0.05) is 20.3 Å². The lowest BCUT2D eigenvalue weighted by Gasteiger charge is -2.34. The van der Waals surface area contributed by atoms with Crippen LogP contribution in [0.4, 0.5) is 0 Å². The average molecular weight is 165 g/mol. The van der Waals surface area contributed by atoms with Crippen molar-refractivity contribution in [3.63, 3.8) is 0 Å². The monoisotopic (exact) mass is 165 g/mol. The lowest BCUT2D eigenvalue weighted by Crippen LogP contribution is -2.27. The van der Waals surface area contributed by atoms with E-state index in [1.807, 2.05) is 0 Å². The second-order valence-corrected chi connectivity index (χ2v) is 4.89. The van der Waals surface area contributed by atoms with Gasteiger partial charge in [0.25, 0.3) is 0 Å². The maximum Gasteiger partial charge on any atom is 0.223 e. The Labute approximate surface area is 76.0 Å². The molecule has 1 nitrogen and oxygen atoms in total. The molecule has 1 rings (SSSR count). The summed E-state index contributed by atoms with van der Waals surface area (Å²) in [5.74, 6) is 0.659. The minimum Gasteiger partial charge on any atom is -0.314 e. The van der Waals surface area contributed by atoms with Gasteiger partial charge in [0, 0.05) is 12.8 Å². The largest absolute Gasteiger partial charge is 0.314 e. The Hall–Kier alpha value is -0.510. The average Bonchev–Trinajstić information content (AvgIpc) is 2.01. The third-order valence-corrected chi connectivity index (χ3v) is 3.13. The quantitative estimate of drug-likeness (QED) is 0.524. The van der Waals surface area contributed by atoms with Gasteiger partial charge in [-0.2, -0.15) is 0 Å². The first-order valence-electron chi connectivity index (χ1n) is 4.92. The summed E-state index contributed by atoms with van der Waals surface area (Å²) in [5, 5.41) is 0. The molecule has 2 unspecified atom stereocenters. The van der Waals surface area contributed by atoms with Gasteiger partial charge in [0.1, 0.15) is 0 Å². The topological polar surface area (TPSA) is 4.36 Å². The molecule has 1 heteroatoms. The minimum atomic E-state index is 0.240. The summed E-state index contributed by atoms with van der Waals surface area (Å²) in [7, 11) is 0. The van der Waals surface area contributed by atoms with Crippen LogP contribution >= 0.6 is 0 Å². The van der Waals surface area contributed by atoms with Gasteiger partial charge in [-0.05, 0) is 24.7 Å². The van der Waals surface area contributed by atoms with E-state index < -0.39 is 0 Å². The van der Waals surface area contributed by atoms with Crippen LogP contribution in [0.2, 0.25) is 0 Å². The molecule has 0 saturated heterocycles. The molecule has 1 fully saturated rings. The lowest BCUT2D eigenvalue weighted by molar-refractivity contribution is 0.172. The van der Waals surface area contributed by atoms with Crippen molar-refractivity contribution in [3.8, 4) is 0 Å². The third-order valence-electron chi connectivity index (χ3n) is 3.13. The molecular weight excluding hydrogens is 146 g/mol. The molecular formula is C11H19N. The first-order chi connectivity index (χ1) is 5.55. The van der Waals surface area contributed by atoms with Crippen molar-refractivity contribution >= 4 is 0 Å². The summed E-state index contributed by atoms with van der Waals surface area (Å²) in [6, 6.07) is 0.240. The molecule has 68 valence electrons. The van der Waals surface area contributed by atoms with E-state index in [0.29, 0.717) is 11.3 Å². The van der Waals surface area contributed by atoms with Crippen LogP contribution in [0.1, 0.15) is 46.5 Å². The summed E-state index contributed by atoms with van der Waals surface area (Å²) in [6.07, 6.45) is 5.18. The summed E-state index contributed by atoms with van der Waals surface area (Å²) in [6.45, 7) is 13.7. The molecule has 1 aliphatic rings. The third kappa shape index (κ3) is 2.24. The minimum absolute atomic E-state index is 0.240. The van der Waals surface area contributed by atoms with Crippen LogP contribution in [-0.2, 0) is 0 Å². The smallest absolute Gasteiger partial charge is 0.223 e. The van der Waals surface area contributed by atoms with Gasteiger partial charge in [-0.15, -0.1) is 0 Å². The van der Waals surface area contributed by atoms with E-state index in [4.69, 9.17) is 6.57 Å². The Bertz CT molecular complexity index is 188. The van der Waals surface area contributed by atoms with Gasteiger partial charge in [0.2, 0.25) is 6.04 Å². The molecule has 0 N–H and O–H groups in total. The van der Waals surface area contributed by atoms with Gasteiger partial charge in [0.15, 0.2) is 0 Å².